The van der Waals surface area contributed by atoms with Gasteiger partial charge in [-0.15, -0.1) is 0 Å². The minimum absolute atomic E-state index is 0.333. The lowest BCUT2D eigenvalue weighted by molar-refractivity contribution is 0.438. The minimum atomic E-state index is -0.415. The maximum atomic E-state index is 14.1. The Morgan fingerprint density at radius 2 is 2.00 bits per heavy atom. The largest absolute Gasteiger partial charge is 0.399 e. The van der Waals surface area contributed by atoms with E-state index in [1.807, 2.05) is 0 Å². The molecule has 3 aromatic rings. The van der Waals surface area contributed by atoms with Crippen LogP contribution in [-0.4, -0.2) is 5.16 Å². The Labute approximate surface area is 120 Å². The third-order valence-corrected chi connectivity index (χ3v) is 3.48. The van der Waals surface area contributed by atoms with Gasteiger partial charge in [-0.1, -0.05) is 18.1 Å². The topological polar surface area (TPSA) is 52.0 Å². The van der Waals surface area contributed by atoms with Gasteiger partial charge in [0.25, 0.3) is 0 Å². The van der Waals surface area contributed by atoms with E-state index in [1.54, 1.807) is 18.2 Å². The van der Waals surface area contributed by atoms with Crippen LogP contribution in [0.3, 0.4) is 0 Å². The number of nitrogens with zero attached hydrogens (tertiary/aromatic N) is 1. The highest BCUT2D eigenvalue weighted by Gasteiger charge is 2.22. The van der Waals surface area contributed by atoms with Crippen LogP contribution < -0.4 is 5.73 Å². The number of aromatic nitrogens is 1. The molecule has 2 N–H and O–H groups in total. The third kappa shape index (κ3) is 2.35. The van der Waals surface area contributed by atoms with E-state index in [1.165, 1.54) is 18.2 Å². The highest BCUT2D eigenvalue weighted by Crippen LogP contribution is 2.34. The summed E-state index contributed by atoms with van der Waals surface area (Å²) in [4.78, 5) is 0. The predicted octanol–water partition coefficient (Wildman–Crippen LogP) is 4.04. The van der Waals surface area contributed by atoms with Crippen molar-refractivity contribution in [2.45, 2.75) is 12.3 Å². The van der Waals surface area contributed by atoms with Crippen molar-refractivity contribution in [1.82, 2.24) is 5.16 Å². The molecule has 0 saturated heterocycles. The Bertz CT molecular complexity index is 798. The van der Waals surface area contributed by atoms with E-state index in [0.29, 0.717) is 34.3 Å². The maximum Gasteiger partial charge on any atom is 0.170 e. The van der Waals surface area contributed by atoms with Crippen LogP contribution in [0, 0.1) is 18.6 Å². The van der Waals surface area contributed by atoms with E-state index in [0.717, 1.165) is 0 Å². The summed E-state index contributed by atoms with van der Waals surface area (Å²) < 4.78 is 32.4. The van der Waals surface area contributed by atoms with E-state index < -0.39 is 11.6 Å². The fraction of sp³-hybridized carbons (Fsp3) is 0.125. The van der Waals surface area contributed by atoms with E-state index >= 15 is 0 Å². The molecule has 0 aliphatic heterocycles. The number of hydrogen-bond donors (Lipinski definition) is 1. The molecule has 3 rings (SSSR count). The quantitative estimate of drug-likeness (QED) is 0.739. The van der Waals surface area contributed by atoms with Crippen LogP contribution in [0.1, 0.15) is 23.6 Å². The van der Waals surface area contributed by atoms with Crippen LogP contribution in [0.2, 0.25) is 0 Å². The van der Waals surface area contributed by atoms with Crippen LogP contribution in [0.4, 0.5) is 14.5 Å². The summed E-state index contributed by atoms with van der Waals surface area (Å²) >= 11 is 0. The molecule has 5 heteroatoms. The third-order valence-electron chi connectivity index (χ3n) is 3.48. The lowest BCUT2D eigenvalue weighted by atomic mass is 9.91. The molecular formula is C16H13F2N2O. The summed E-state index contributed by atoms with van der Waals surface area (Å²) in [6.07, 6.45) is 0.389. The van der Waals surface area contributed by atoms with Crippen molar-refractivity contribution in [3.05, 3.63) is 66.2 Å². The fourth-order valence-electron chi connectivity index (χ4n) is 2.45. The second kappa shape index (κ2) is 5.16. The molecule has 107 valence electrons. The van der Waals surface area contributed by atoms with E-state index in [9.17, 15) is 8.78 Å². The molecule has 0 aliphatic carbocycles. The Morgan fingerprint density at radius 1 is 1.19 bits per heavy atom. The highest BCUT2D eigenvalue weighted by atomic mass is 19.1. The van der Waals surface area contributed by atoms with Crippen molar-refractivity contribution in [1.29, 1.82) is 0 Å². The first-order valence-electron chi connectivity index (χ1n) is 6.49. The van der Waals surface area contributed by atoms with Crippen molar-refractivity contribution >= 4 is 16.7 Å². The minimum Gasteiger partial charge on any atom is -0.399 e. The predicted molar refractivity (Wildman–Crippen MR) is 76.6 cm³/mol. The molecule has 3 nitrogen and oxygen atoms in total. The maximum absolute atomic E-state index is 14.1. The van der Waals surface area contributed by atoms with Gasteiger partial charge in [0.05, 0.1) is 5.69 Å². The molecule has 1 heterocycles. The highest BCUT2D eigenvalue weighted by molar-refractivity contribution is 5.80. The number of anilines is 1. The molecule has 0 aliphatic rings. The van der Waals surface area contributed by atoms with Gasteiger partial charge < -0.3 is 10.3 Å². The molecule has 0 fully saturated rings. The molecule has 1 unspecified atom stereocenters. The van der Waals surface area contributed by atoms with Crippen molar-refractivity contribution in [2.75, 3.05) is 5.73 Å². The second-order valence-corrected chi connectivity index (χ2v) is 4.83. The SMILES string of the molecule is [CH2]CC(c1ccc(N)cc1F)c1noc2cc(F)ccc12. The molecule has 21 heavy (non-hydrogen) atoms. The number of fused-ring (bicyclic) bond motifs is 1. The summed E-state index contributed by atoms with van der Waals surface area (Å²) in [7, 11) is 0. The number of nitrogens with two attached hydrogens (primary N) is 1. The standard InChI is InChI=1S/C16H13F2N2O/c1-2-11(12-6-4-10(19)8-14(12)18)16-13-5-3-9(17)7-15(13)21-20-16/h3-8,11H,1-2,19H2. The molecule has 0 saturated carbocycles. The summed E-state index contributed by atoms with van der Waals surface area (Å²) in [5.41, 5.74) is 7.24. The first-order chi connectivity index (χ1) is 10.1. The Morgan fingerprint density at radius 3 is 2.71 bits per heavy atom. The van der Waals surface area contributed by atoms with Crippen LogP contribution in [0.15, 0.2) is 40.9 Å². The van der Waals surface area contributed by atoms with E-state index in [-0.39, 0.29) is 5.92 Å². The smallest absolute Gasteiger partial charge is 0.170 e. The van der Waals surface area contributed by atoms with Crippen molar-refractivity contribution < 1.29 is 13.3 Å². The van der Waals surface area contributed by atoms with Gasteiger partial charge in [-0.05, 0) is 36.2 Å². The van der Waals surface area contributed by atoms with Gasteiger partial charge >= 0.3 is 0 Å². The molecule has 1 atom stereocenters. The lowest BCUT2D eigenvalue weighted by Crippen LogP contribution is -2.04. The molecule has 0 amide bonds. The Hall–Kier alpha value is -2.43. The zero-order valence-electron chi connectivity index (χ0n) is 11.1. The zero-order chi connectivity index (χ0) is 15.0. The van der Waals surface area contributed by atoms with Crippen molar-refractivity contribution in [2.24, 2.45) is 0 Å². The van der Waals surface area contributed by atoms with Gasteiger partial charge in [0.15, 0.2) is 5.58 Å². The first kappa shape index (κ1) is 13.5. The average Bonchev–Trinajstić information content (AvgIpc) is 2.85. The summed E-state index contributed by atoms with van der Waals surface area (Å²) in [5.74, 6) is -1.20. The van der Waals surface area contributed by atoms with Gasteiger partial charge in [0, 0.05) is 23.1 Å². The fourth-order valence-corrected chi connectivity index (χ4v) is 2.45. The summed E-state index contributed by atoms with van der Waals surface area (Å²) in [6.45, 7) is 3.85. The lowest BCUT2D eigenvalue weighted by Gasteiger charge is -2.14. The number of benzene rings is 2. The molecule has 2 aromatic carbocycles. The van der Waals surface area contributed by atoms with E-state index in [2.05, 4.69) is 12.1 Å². The molecule has 1 aromatic heterocycles. The summed E-state index contributed by atoms with van der Waals surface area (Å²) in [5, 5.41) is 4.62. The van der Waals surface area contributed by atoms with Gasteiger partial charge in [-0.3, -0.25) is 0 Å². The molecule has 1 radical (unpaired) electrons. The molecule has 0 spiro atoms. The van der Waals surface area contributed by atoms with Crippen LogP contribution >= 0.6 is 0 Å². The molecular weight excluding hydrogens is 274 g/mol. The van der Waals surface area contributed by atoms with Crippen LogP contribution in [-0.2, 0) is 0 Å². The van der Waals surface area contributed by atoms with Gasteiger partial charge in [0.2, 0.25) is 0 Å². The number of halogens is 2. The summed E-state index contributed by atoms with van der Waals surface area (Å²) in [6, 6.07) is 8.66. The van der Waals surface area contributed by atoms with Crippen molar-refractivity contribution in [3.63, 3.8) is 0 Å². The Balaban J connectivity index is 2.14. The molecule has 0 bridgehead atoms. The monoisotopic (exact) mass is 287 g/mol. The number of hydrogen-bond acceptors (Lipinski definition) is 3. The Kier molecular flexibility index (Phi) is 3.33. The van der Waals surface area contributed by atoms with Crippen LogP contribution in [0.25, 0.3) is 11.0 Å². The van der Waals surface area contributed by atoms with Gasteiger partial charge in [-0.25, -0.2) is 8.78 Å². The average molecular weight is 287 g/mol. The van der Waals surface area contributed by atoms with Gasteiger partial charge in [0.1, 0.15) is 11.6 Å². The zero-order valence-corrected chi connectivity index (χ0v) is 11.1. The van der Waals surface area contributed by atoms with E-state index in [4.69, 9.17) is 10.3 Å². The van der Waals surface area contributed by atoms with Gasteiger partial charge in [-0.2, -0.15) is 0 Å². The number of nitrogen functional groups attached to an aromatic ring is 1. The van der Waals surface area contributed by atoms with Crippen molar-refractivity contribution in [3.8, 4) is 0 Å². The second-order valence-electron chi connectivity index (χ2n) is 4.83. The normalized spacial score (nSPS) is 12.7. The first-order valence-corrected chi connectivity index (χ1v) is 6.49. The van der Waals surface area contributed by atoms with Crippen LogP contribution in [0.5, 0.6) is 0 Å². The number of rotatable bonds is 3.